The van der Waals surface area contributed by atoms with Gasteiger partial charge in [0.2, 0.25) is 0 Å². The van der Waals surface area contributed by atoms with Crippen LogP contribution in [0.5, 0.6) is 0 Å². The van der Waals surface area contributed by atoms with Crippen molar-refractivity contribution >= 4 is 5.97 Å². The molecule has 2 fully saturated rings. The Labute approximate surface area is 111 Å². The molecule has 2 aliphatic carbocycles. The van der Waals surface area contributed by atoms with Gasteiger partial charge in [0.15, 0.2) is 0 Å². The standard InChI is InChI=1S/C16H26O2/c1-13-4-6-14(7-5-13)3-2-12-18-16(17)11-10-15-8-9-15/h2-3,13-15H,4-12H2,1H3. The zero-order valence-electron chi connectivity index (χ0n) is 11.6. The molecule has 0 radical (unpaired) electrons. The molecule has 0 heterocycles. The molecule has 0 aromatic rings. The van der Waals surface area contributed by atoms with Crippen molar-refractivity contribution in [3.63, 3.8) is 0 Å². The lowest BCUT2D eigenvalue weighted by Crippen LogP contribution is -2.10. The highest BCUT2D eigenvalue weighted by atomic mass is 16.5. The molecular weight excluding hydrogens is 224 g/mol. The number of esters is 1. The Morgan fingerprint density at radius 3 is 2.56 bits per heavy atom. The van der Waals surface area contributed by atoms with E-state index >= 15 is 0 Å². The van der Waals surface area contributed by atoms with Crippen LogP contribution in [0.3, 0.4) is 0 Å². The Morgan fingerprint density at radius 2 is 1.89 bits per heavy atom. The Balaban J connectivity index is 1.52. The molecule has 2 nitrogen and oxygen atoms in total. The largest absolute Gasteiger partial charge is 0.461 e. The van der Waals surface area contributed by atoms with Gasteiger partial charge in [0.1, 0.15) is 6.61 Å². The first kappa shape index (κ1) is 13.6. The Kier molecular flexibility index (Phi) is 5.27. The van der Waals surface area contributed by atoms with E-state index < -0.39 is 0 Å². The van der Waals surface area contributed by atoms with Crippen LogP contribution in [0, 0.1) is 17.8 Å². The lowest BCUT2D eigenvalue weighted by atomic mass is 9.83. The Bertz CT molecular complexity index is 283. The summed E-state index contributed by atoms with van der Waals surface area (Å²) in [5.41, 5.74) is 0. The number of hydrogen-bond donors (Lipinski definition) is 0. The van der Waals surface area contributed by atoms with Crippen molar-refractivity contribution in [2.45, 2.75) is 58.3 Å². The third kappa shape index (κ3) is 5.24. The van der Waals surface area contributed by atoms with Gasteiger partial charge in [0.05, 0.1) is 0 Å². The van der Waals surface area contributed by atoms with Crippen LogP contribution in [0.25, 0.3) is 0 Å². The van der Waals surface area contributed by atoms with Crippen molar-refractivity contribution in [3.8, 4) is 0 Å². The molecule has 2 aliphatic rings. The smallest absolute Gasteiger partial charge is 0.306 e. The van der Waals surface area contributed by atoms with Crippen LogP contribution in [0.1, 0.15) is 58.3 Å². The van der Waals surface area contributed by atoms with Crippen molar-refractivity contribution in [2.75, 3.05) is 6.61 Å². The first-order chi connectivity index (χ1) is 8.74. The second kappa shape index (κ2) is 6.96. The summed E-state index contributed by atoms with van der Waals surface area (Å²) in [7, 11) is 0. The van der Waals surface area contributed by atoms with Gasteiger partial charge >= 0.3 is 5.97 Å². The minimum Gasteiger partial charge on any atom is -0.461 e. The summed E-state index contributed by atoms with van der Waals surface area (Å²) in [6.07, 6.45) is 13.8. The Morgan fingerprint density at radius 1 is 1.17 bits per heavy atom. The van der Waals surface area contributed by atoms with Crippen LogP contribution in [-0.2, 0) is 9.53 Å². The van der Waals surface area contributed by atoms with Crippen LogP contribution in [0.2, 0.25) is 0 Å². The topological polar surface area (TPSA) is 26.3 Å². The Hall–Kier alpha value is -0.790. The van der Waals surface area contributed by atoms with Crippen LogP contribution in [-0.4, -0.2) is 12.6 Å². The lowest BCUT2D eigenvalue weighted by Gasteiger charge is -2.23. The summed E-state index contributed by atoms with van der Waals surface area (Å²) < 4.78 is 5.21. The number of carbonyl (C=O) groups is 1. The zero-order chi connectivity index (χ0) is 12.8. The zero-order valence-corrected chi connectivity index (χ0v) is 11.6. The van der Waals surface area contributed by atoms with Gasteiger partial charge < -0.3 is 4.74 Å². The van der Waals surface area contributed by atoms with Gasteiger partial charge in [-0.05, 0) is 37.0 Å². The third-order valence-corrected chi connectivity index (χ3v) is 4.26. The monoisotopic (exact) mass is 250 g/mol. The van der Waals surface area contributed by atoms with E-state index in [2.05, 4.69) is 13.0 Å². The molecule has 0 spiro atoms. The van der Waals surface area contributed by atoms with Gasteiger partial charge in [0.25, 0.3) is 0 Å². The number of carbonyl (C=O) groups excluding carboxylic acids is 1. The average Bonchev–Trinajstić information content (AvgIpc) is 3.18. The van der Waals surface area contributed by atoms with Gasteiger partial charge in [-0.25, -0.2) is 0 Å². The number of rotatable bonds is 6. The minimum atomic E-state index is -0.0242. The second-order valence-electron chi connectivity index (χ2n) is 6.11. The highest BCUT2D eigenvalue weighted by Crippen LogP contribution is 2.33. The van der Waals surface area contributed by atoms with Gasteiger partial charge in [-0.3, -0.25) is 4.79 Å². The minimum absolute atomic E-state index is 0.0242. The molecule has 0 atom stereocenters. The van der Waals surface area contributed by atoms with E-state index in [0.29, 0.717) is 18.9 Å². The molecule has 0 aliphatic heterocycles. The number of allylic oxidation sites excluding steroid dienone is 1. The molecule has 102 valence electrons. The first-order valence-electron chi connectivity index (χ1n) is 7.56. The van der Waals surface area contributed by atoms with Crippen molar-refractivity contribution in [3.05, 3.63) is 12.2 Å². The van der Waals surface area contributed by atoms with Crippen LogP contribution < -0.4 is 0 Å². The van der Waals surface area contributed by atoms with Crippen molar-refractivity contribution in [1.29, 1.82) is 0 Å². The molecule has 2 rings (SSSR count). The molecule has 0 amide bonds. The van der Waals surface area contributed by atoms with Gasteiger partial charge in [0, 0.05) is 6.42 Å². The molecule has 2 heteroatoms. The van der Waals surface area contributed by atoms with Gasteiger partial charge in [-0.1, -0.05) is 44.8 Å². The molecule has 0 aromatic heterocycles. The fourth-order valence-corrected chi connectivity index (χ4v) is 2.67. The highest BCUT2D eigenvalue weighted by molar-refractivity contribution is 5.69. The average molecular weight is 250 g/mol. The summed E-state index contributed by atoms with van der Waals surface area (Å²) in [5.74, 6) is 2.41. The summed E-state index contributed by atoms with van der Waals surface area (Å²) in [5, 5.41) is 0. The van der Waals surface area contributed by atoms with E-state index in [4.69, 9.17) is 4.74 Å². The molecule has 0 N–H and O–H groups in total. The highest BCUT2D eigenvalue weighted by Gasteiger charge is 2.22. The van der Waals surface area contributed by atoms with Gasteiger partial charge in [-0.2, -0.15) is 0 Å². The first-order valence-corrected chi connectivity index (χ1v) is 7.56. The van der Waals surface area contributed by atoms with Crippen molar-refractivity contribution in [2.24, 2.45) is 17.8 Å². The molecule has 0 bridgehead atoms. The molecule has 0 unspecified atom stereocenters. The fourth-order valence-electron chi connectivity index (χ4n) is 2.67. The molecule has 0 aromatic carbocycles. The van der Waals surface area contributed by atoms with Crippen LogP contribution >= 0.6 is 0 Å². The van der Waals surface area contributed by atoms with Gasteiger partial charge in [-0.15, -0.1) is 0 Å². The maximum Gasteiger partial charge on any atom is 0.306 e. The van der Waals surface area contributed by atoms with Crippen molar-refractivity contribution < 1.29 is 9.53 Å². The van der Waals surface area contributed by atoms with E-state index in [1.807, 2.05) is 6.08 Å². The lowest BCUT2D eigenvalue weighted by molar-refractivity contribution is -0.142. The fraction of sp³-hybridized carbons (Fsp3) is 0.812. The second-order valence-corrected chi connectivity index (χ2v) is 6.11. The molecular formula is C16H26O2. The van der Waals surface area contributed by atoms with E-state index in [9.17, 15) is 4.79 Å². The maximum absolute atomic E-state index is 11.4. The summed E-state index contributed by atoms with van der Waals surface area (Å²) in [4.78, 5) is 11.4. The molecule has 2 saturated carbocycles. The van der Waals surface area contributed by atoms with E-state index in [1.165, 1.54) is 38.5 Å². The third-order valence-electron chi connectivity index (χ3n) is 4.26. The normalized spacial score (nSPS) is 28.5. The summed E-state index contributed by atoms with van der Waals surface area (Å²) >= 11 is 0. The molecule has 18 heavy (non-hydrogen) atoms. The van der Waals surface area contributed by atoms with Crippen molar-refractivity contribution in [1.82, 2.24) is 0 Å². The van der Waals surface area contributed by atoms with Crippen LogP contribution in [0.4, 0.5) is 0 Å². The SMILES string of the molecule is CC1CCC(C=CCOC(=O)CCC2CC2)CC1. The predicted octanol–water partition coefficient (Wildman–Crippen LogP) is 4.10. The summed E-state index contributed by atoms with van der Waals surface area (Å²) in [6, 6.07) is 0. The number of ether oxygens (including phenoxy) is 1. The summed E-state index contributed by atoms with van der Waals surface area (Å²) in [6.45, 7) is 2.80. The van der Waals surface area contributed by atoms with E-state index in [1.54, 1.807) is 0 Å². The van der Waals surface area contributed by atoms with E-state index in [0.717, 1.165) is 18.3 Å². The maximum atomic E-state index is 11.4. The molecule has 0 saturated heterocycles. The quantitative estimate of drug-likeness (QED) is 0.524. The van der Waals surface area contributed by atoms with Crippen LogP contribution in [0.15, 0.2) is 12.2 Å². The van der Waals surface area contributed by atoms with E-state index in [-0.39, 0.29) is 5.97 Å². The predicted molar refractivity (Wildman–Crippen MR) is 73.2 cm³/mol. The number of hydrogen-bond acceptors (Lipinski definition) is 2.